The van der Waals surface area contributed by atoms with Gasteiger partial charge in [0.25, 0.3) is 0 Å². The van der Waals surface area contributed by atoms with Crippen LogP contribution in [0.4, 0.5) is 5.69 Å². The van der Waals surface area contributed by atoms with Crippen LogP contribution in [0.2, 0.25) is 0 Å². The van der Waals surface area contributed by atoms with Gasteiger partial charge in [0.15, 0.2) is 5.75 Å². The van der Waals surface area contributed by atoms with E-state index in [0.717, 1.165) is 25.7 Å². The number of ether oxygens (including phenoxy) is 1. The van der Waals surface area contributed by atoms with E-state index in [0.29, 0.717) is 6.42 Å². The molecule has 2 N–H and O–H groups in total. The number of hydrogen-bond donors (Lipinski definition) is 2. The Labute approximate surface area is 166 Å². The van der Waals surface area contributed by atoms with E-state index in [1.54, 1.807) is 36.4 Å². The third-order valence-corrected chi connectivity index (χ3v) is 5.61. The van der Waals surface area contributed by atoms with Gasteiger partial charge in [-0.3, -0.25) is 4.72 Å². The summed E-state index contributed by atoms with van der Waals surface area (Å²) in [6.07, 6.45) is 5.98. The summed E-state index contributed by atoms with van der Waals surface area (Å²) < 4.78 is 33.1. The molecule has 152 valence electrons. The average molecular weight is 406 g/mol. The molecule has 0 bridgehead atoms. The van der Waals surface area contributed by atoms with E-state index in [2.05, 4.69) is 11.6 Å². The molecule has 0 saturated heterocycles. The van der Waals surface area contributed by atoms with Gasteiger partial charge in [0.05, 0.1) is 11.4 Å². The van der Waals surface area contributed by atoms with Gasteiger partial charge in [-0.15, -0.1) is 0 Å². The second-order valence-electron chi connectivity index (χ2n) is 6.59. The summed E-state index contributed by atoms with van der Waals surface area (Å²) in [6, 6.07) is 12.8. The Kier molecular flexibility index (Phi) is 8.32. The number of para-hydroxylation sites is 3. The second kappa shape index (κ2) is 10.7. The Bertz CT molecular complexity index is 880. The summed E-state index contributed by atoms with van der Waals surface area (Å²) >= 11 is 0. The van der Waals surface area contributed by atoms with E-state index in [-0.39, 0.29) is 28.5 Å². The van der Waals surface area contributed by atoms with Crippen LogP contribution in [-0.2, 0) is 10.0 Å². The number of unbranched alkanes of at least 4 members (excludes halogenated alkanes) is 5. The van der Waals surface area contributed by atoms with E-state index in [9.17, 15) is 18.3 Å². The van der Waals surface area contributed by atoms with Crippen LogP contribution >= 0.6 is 0 Å². The van der Waals surface area contributed by atoms with Gasteiger partial charge in [0.2, 0.25) is 10.0 Å². The number of aromatic carboxylic acids is 1. The van der Waals surface area contributed by atoms with Gasteiger partial charge in [-0.2, -0.15) is 0 Å². The molecule has 0 fully saturated rings. The van der Waals surface area contributed by atoms with Gasteiger partial charge in [-0.05, 0) is 30.7 Å². The van der Waals surface area contributed by atoms with Crippen LogP contribution in [0, 0.1) is 0 Å². The number of carboxylic acid groups (broad SMARTS) is 1. The summed E-state index contributed by atoms with van der Waals surface area (Å²) in [6.45, 7) is 2.14. The fraction of sp³-hybridized carbons (Fsp3) is 0.381. The Balaban J connectivity index is 2.05. The van der Waals surface area contributed by atoms with Crippen LogP contribution in [0.1, 0.15) is 55.8 Å². The van der Waals surface area contributed by atoms with Gasteiger partial charge in [-0.25, -0.2) is 13.2 Å². The molecule has 0 spiro atoms. The van der Waals surface area contributed by atoms with Crippen molar-refractivity contribution in [1.29, 1.82) is 0 Å². The van der Waals surface area contributed by atoms with Crippen LogP contribution in [0.25, 0.3) is 0 Å². The van der Waals surface area contributed by atoms with Crippen LogP contribution in [-0.4, -0.2) is 25.2 Å². The fourth-order valence-corrected chi connectivity index (χ4v) is 3.97. The summed E-state index contributed by atoms with van der Waals surface area (Å²) in [5.41, 5.74) is 0.293. The molecule has 0 unspecified atom stereocenters. The third kappa shape index (κ3) is 6.88. The first-order valence-corrected chi connectivity index (χ1v) is 11.2. The van der Waals surface area contributed by atoms with Gasteiger partial charge in [0, 0.05) is 0 Å². The summed E-state index contributed by atoms with van der Waals surface area (Å²) in [5.74, 6) is -0.670. The van der Waals surface area contributed by atoms with E-state index in [1.165, 1.54) is 18.6 Å². The Morgan fingerprint density at radius 3 is 2.25 bits per heavy atom. The molecule has 0 aliphatic rings. The Hall–Kier alpha value is -2.54. The highest BCUT2D eigenvalue weighted by atomic mass is 32.2. The molecule has 0 aromatic heterocycles. The van der Waals surface area contributed by atoms with E-state index in [1.807, 2.05) is 0 Å². The second-order valence-corrected chi connectivity index (χ2v) is 8.43. The van der Waals surface area contributed by atoms with Gasteiger partial charge in [0.1, 0.15) is 11.3 Å². The number of nitrogens with one attached hydrogen (secondary N) is 1. The molecule has 0 aliphatic heterocycles. The maximum Gasteiger partial charge on any atom is 0.339 e. The largest absolute Gasteiger partial charge is 0.478 e. The highest BCUT2D eigenvalue weighted by molar-refractivity contribution is 7.92. The number of hydrogen-bond acceptors (Lipinski definition) is 4. The number of carboxylic acids is 1. The minimum Gasteiger partial charge on any atom is -0.478 e. The molecule has 0 saturated carbocycles. The standard InChI is InChI=1S/C21H27NO5S/c1-2-3-4-5-6-11-16-28(25,26)22-18-13-8-10-15-20(18)27-19-14-9-7-12-17(19)21(23)24/h7-10,12-15,22H,2-6,11,16H2,1H3,(H,23,24). The molecule has 2 aromatic rings. The summed E-state index contributed by atoms with van der Waals surface area (Å²) in [7, 11) is -3.51. The van der Waals surface area contributed by atoms with Crippen molar-refractivity contribution in [2.45, 2.75) is 45.4 Å². The molecular weight excluding hydrogens is 378 g/mol. The van der Waals surface area contributed by atoms with E-state index in [4.69, 9.17) is 4.74 Å². The average Bonchev–Trinajstić information content (AvgIpc) is 2.66. The maximum absolute atomic E-state index is 12.4. The SMILES string of the molecule is CCCCCCCCS(=O)(=O)Nc1ccccc1Oc1ccccc1C(=O)O. The summed E-state index contributed by atoms with van der Waals surface area (Å²) in [5, 5.41) is 9.28. The van der Waals surface area contributed by atoms with Crippen LogP contribution in [0.15, 0.2) is 48.5 Å². The Morgan fingerprint density at radius 1 is 0.929 bits per heavy atom. The number of anilines is 1. The van der Waals surface area contributed by atoms with Crippen molar-refractivity contribution in [1.82, 2.24) is 0 Å². The number of sulfonamides is 1. The lowest BCUT2D eigenvalue weighted by Gasteiger charge is -2.14. The monoisotopic (exact) mass is 405 g/mol. The van der Waals surface area contributed by atoms with Gasteiger partial charge >= 0.3 is 5.97 Å². The van der Waals surface area contributed by atoms with Crippen molar-refractivity contribution >= 4 is 21.7 Å². The van der Waals surface area contributed by atoms with Crippen molar-refractivity contribution in [3.8, 4) is 11.5 Å². The van der Waals surface area contributed by atoms with Gasteiger partial charge < -0.3 is 9.84 Å². The molecule has 28 heavy (non-hydrogen) atoms. The van der Waals surface area contributed by atoms with Crippen LogP contribution < -0.4 is 9.46 Å². The lowest BCUT2D eigenvalue weighted by atomic mass is 10.1. The molecule has 0 heterocycles. The van der Waals surface area contributed by atoms with E-state index >= 15 is 0 Å². The van der Waals surface area contributed by atoms with Gasteiger partial charge in [-0.1, -0.05) is 63.3 Å². The van der Waals surface area contributed by atoms with Crippen molar-refractivity contribution in [2.24, 2.45) is 0 Å². The minimum atomic E-state index is -3.51. The highest BCUT2D eigenvalue weighted by Gasteiger charge is 2.16. The fourth-order valence-electron chi connectivity index (χ4n) is 2.78. The molecule has 0 amide bonds. The zero-order valence-electron chi connectivity index (χ0n) is 16.1. The normalized spacial score (nSPS) is 11.2. The molecule has 6 nitrogen and oxygen atoms in total. The first-order valence-electron chi connectivity index (χ1n) is 9.52. The van der Waals surface area contributed by atoms with Crippen molar-refractivity contribution < 1.29 is 23.1 Å². The first kappa shape index (κ1) is 21.8. The number of benzene rings is 2. The summed E-state index contributed by atoms with van der Waals surface area (Å²) in [4.78, 5) is 11.3. The number of rotatable bonds is 12. The van der Waals surface area contributed by atoms with E-state index < -0.39 is 16.0 Å². The van der Waals surface area contributed by atoms with Crippen molar-refractivity contribution in [3.63, 3.8) is 0 Å². The lowest BCUT2D eigenvalue weighted by Crippen LogP contribution is -2.17. The quantitative estimate of drug-likeness (QED) is 0.469. The molecule has 7 heteroatoms. The lowest BCUT2D eigenvalue weighted by molar-refractivity contribution is 0.0694. The van der Waals surface area contributed by atoms with Crippen molar-refractivity contribution in [3.05, 3.63) is 54.1 Å². The molecule has 0 radical (unpaired) electrons. The van der Waals surface area contributed by atoms with Crippen LogP contribution in [0.3, 0.4) is 0 Å². The molecule has 0 aliphatic carbocycles. The zero-order chi connectivity index (χ0) is 20.4. The topological polar surface area (TPSA) is 92.7 Å². The predicted molar refractivity (Wildman–Crippen MR) is 111 cm³/mol. The predicted octanol–water partition coefficient (Wildman–Crippen LogP) is 5.28. The molecule has 2 aromatic carbocycles. The molecular formula is C21H27NO5S. The smallest absolute Gasteiger partial charge is 0.339 e. The van der Waals surface area contributed by atoms with Crippen molar-refractivity contribution in [2.75, 3.05) is 10.5 Å². The minimum absolute atomic E-state index is 0.00670. The maximum atomic E-state index is 12.4. The molecule has 0 atom stereocenters. The zero-order valence-corrected chi connectivity index (χ0v) is 16.9. The number of carbonyl (C=O) groups is 1. The first-order chi connectivity index (χ1) is 13.4. The third-order valence-electron chi connectivity index (χ3n) is 4.26. The molecule has 2 rings (SSSR count). The van der Waals surface area contributed by atoms with Crippen LogP contribution in [0.5, 0.6) is 11.5 Å². The Morgan fingerprint density at radius 2 is 1.54 bits per heavy atom. The highest BCUT2D eigenvalue weighted by Crippen LogP contribution is 2.32.